The number of hydrogen-bond acceptors (Lipinski definition) is 3. The third-order valence-electron chi connectivity index (χ3n) is 4.74. The number of carbonyl (C=O) groups is 3. The Morgan fingerprint density at radius 1 is 1.20 bits per heavy atom. The van der Waals surface area contributed by atoms with Gasteiger partial charge in [0.2, 0.25) is 5.91 Å². The largest absolute Gasteiger partial charge is 0.341 e. The third kappa shape index (κ3) is 3.08. The molecule has 1 aromatic carbocycles. The van der Waals surface area contributed by atoms with Crippen LogP contribution in [0.3, 0.4) is 0 Å². The average Bonchev–Trinajstić information content (AvgIpc) is 2.81. The van der Waals surface area contributed by atoms with E-state index >= 15 is 0 Å². The Hall–Kier alpha value is -2.51. The SMILES string of the molecule is C[C@]1(c2cc(F)ccc2F)NC(=O)N(CC(=O)N2CCCCC2)C1=O. The summed E-state index contributed by atoms with van der Waals surface area (Å²) in [5.74, 6) is -2.62. The van der Waals surface area contributed by atoms with Crippen LogP contribution in [0.25, 0.3) is 0 Å². The van der Waals surface area contributed by atoms with E-state index in [0.717, 1.165) is 42.4 Å². The summed E-state index contributed by atoms with van der Waals surface area (Å²) in [6.45, 7) is 2.09. The van der Waals surface area contributed by atoms with Crippen LogP contribution in [-0.4, -0.2) is 47.3 Å². The van der Waals surface area contributed by atoms with Crippen molar-refractivity contribution >= 4 is 17.8 Å². The van der Waals surface area contributed by atoms with Gasteiger partial charge < -0.3 is 10.2 Å². The van der Waals surface area contributed by atoms with Gasteiger partial charge in [0, 0.05) is 18.7 Å². The summed E-state index contributed by atoms with van der Waals surface area (Å²) in [4.78, 5) is 39.6. The predicted octanol–water partition coefficient (Wildman–Crippen LogP) is 1.74. The lowest BCUT2D eigenvalue weighted by atomic mass is 9.91. The van der Waals surface area contributed by atoms with Crippen LogP contribution in [0.5, 0.6) is 0 Å². The van der Waals surface area contributed by atoms with Crippen LogP contribution < -0.4 is 5.32 Å². The van der Waals surface area contributed by atoms with E-state index < -0.39 is 35.7 Å². The minimum atomic E-state index is -1.74. The highest BCUT2D eigenvalue weighted by Gasteiger charge is 2.51. The van der Waals surface area contributed by atoms with E-state index in [0.29, 0.717) is 13.1 Å². The fraction of sp³-hybridized carbons (Fsp3) is 0.471. The summed E-state index contributed by atoms with van der Waals surface area (Å²) in [5, 5.41) is 2.38. The molecule has 2 fully saturated rings. The van der Waals surface area contributed by atoms with Crippen LogP contribution in [0.2, 0.25) is 0 Å². The molecule has 2 aliphatic rings. The highest BCUT2D eigenvalue weighted by atomic mass is 19.1. The number of nitrogens with one attached hydrogen (secondary N) is 1. The minimum Gasteiger partial charge on any atom is -0.341 e. The minimum absolute atomic E-state index is 0.265. The van der Waals surface area contributed by atoms with Crippen LogP contribution >= 0.6 is 0 Å². The first kappa shape index (κ1) is 17.3. The number of rotatable bonds is 3. The van der Waals surface area contributed by atoms with Gasteiger partial charge in [-0.3, -0.25) is 14.5 Å². The van der Waals surface area contributed by atoms with E-state index in [9.17, 15) is 23.2 Å². The van der Waals surface area contributed by atoms with E-state index in [2.05, 4.69) is 5.32 Å². The number of halogens is 2. The number of piperidine rings is 1. The molecule has 0 spiro atoms. The maximum absolute atomic E-state index is 14.1. The first-order valence-electron chi connectivity index (χ1n) is 8.20. The third-order valence-corrected chi connectivity index (χ3v) is 4.74. The highest BCUT2D eigenvalue weighted by Crippen LogP contribution is 2.31. The van der Waals surface area contributed by atoms with Crippen molar-refractivity contribution in [1.82, 2.24) is 15.1 Å². The van der Waals surface area contributed by atoms with Crippen LogP contribution in [0.4, 0.5) is 13.6 Å². The van der Waals surface area contributed by atoms with Gasteiger partial charge in [-0.1, -0.05) is 0 Å². The van der Waals surface area contributed by atoms with Gasteiger partial charge in [0.1, 0.15) is 23.7 Å². The standard InChI is InChI=1S/C17H19F2N3O3/c1-17(12-9-11(18)5-6-13(12)19)15(24)22(16(25)20-17)10-14(23)21-7-3-2-4-8-21/h5-6,9H,2-4,7-8,10H2,1H3,(H,20,25)/t17-/m1/s1. The summed E-state index contributed by atoms with van der Waals surface area (Å²) in [5.41, 5.74) is -2.01. The molecule has 3 rings (SSSR count). The topological polar surface area (TPSA) is 69.7 Å². The highest BCUT2D eigenvalue weighted by molar-refractivity contribution is 6.09. The Balaban J connectivity index is 1.82. The molecule has 0 radical (unpaired) electrons. The average molecular weight is 351 g/mol. The van der Waals surface area contributed by atoms with Gasteiger partial charge in [0.15, 0.2) is 0 Å². The van der Waals surface area contributed by atoms with Crippen LogP contribution in [-0.2, 0) is 15.1 Å². The molecule has 8 heteroatoms. The van der Waals surface area contributed by atoms with Crippen molar-refractivity contribution in [3.63, 3.8) is 0 Å². The van der Waals surface area contributed by atoms with E-state index in [1.165, 1.54) is 6.92 Å². The molecule has 2 aliphatic heterocycles. The number of benzene rings is 1. The Kier molecular flexibility index (Phi) is 4.45. The number of carbonyl (C=O) groups excluding carboxylic acids is 3. The molecular formula is C17H19F2N3O3. The van der Waals surface area contributed by atoms with E-state index in [-0.39, 0.29) is 11.5 Å². The molecule has 6 nitrogen and oxygen atoms in total. The number of imide groups is 1. The molecule has 0 saturated carbocycles. The van der Waals surface area contributed by atoms with E-state index in [1.54, 1.807) is 4.90 Å². The van der Waals surface area contributed by atoms with Crippen molar-refractivity contribution in [2.24, 2.45) is 0 Å². The molecule has 0 unspecified atom stereocenters. The Bertz CT molecular complexity index is 734. The van der Waals surface area contributed by atoms with Crippen LogP contribution in [0, 0.1) is 11.6 Å². The van der Waals surface area contributed by atoms with Crippen molar-refractivity contribution in [3.05, 3.63) is 35.4 Å². The quantitative estimate of drug-likeness (QED) is 0.844. The van der Waals surface area contributed by atoms with Gasteiger partial charge in [0.05, 0.1) is 0 Å². The first-order chi connectivity index (χ1) is 11.8. The van der Waals surface area contributed by atoms with Gasteiger partial charge >= 0.3 is 6.03 Å². The molecule has 134 valence electrons. The fourth-order valence-corrected chi connectivity index (χ4v) is 3.28. The molecule has 1 N–H and O–H groups in total. The van der Waals surface area contributed by atoms with Crippen molar-refractivity contribution in [1.29, 1.82) is 0 Å². The summed E-state index contributed by atoms with van der Waals surface area (Å²) in [6, 6.07) is 1.92. The zero-order valence-electron chi connectivity index (χ0n) is 13.8. The maximum Gasteiger partial charge on any atom is 0.325 e. The zero-order valence-corrected chi connectivity index (χ0v) is 13.8. The van der Waals surface area contributed by atoms with Gasteiger partial charge in [-0.2, -0.15) is 0 Å². The lowest BCUT2D eigenvalue weighted by Gasteiger charge is -2.28. The van der Waals surface area contributed by atoms with Crippen LogP contribution in [0.1, 0.15) is 31.7 Å². The first-order valence-corrected chi connectivity index (χ1v) is 8.20. The normalized spacial score (nSPS) is 23.8. The van der Waals surface area contributed by atoms with Gasteiger partial charge in [-0.05, 0) is 44.4 Å². The molecule has 2 saturated heterocycles. The van der Waals surface area contributed by atoms with Crippen LogP contribution in [0.15, 0.2) is 18.2 Å². The number of likely N-dealkylation sites (tertiary alicyclic amines) is 1. The van der Waals surface area contributed by atoms with Crippen molar-refractivity contribution in [2.75, 3.05) is 19.6 Å². The summed E-state index contributed by atoms with van der Waals surface area (Å²) < 4.78 is 27.6. The lowest BCUT2D eigenvalue weighted by Crippen LogP contribution is -2.46. The van der Waals surface area contributed by atoms with E-state index in [4.69, 9.17) is 0 Å². The summed E-state index contributed by atoms with van der Waals surface area (Å²) >= 11 is 0. The predicted molar refractivity (Wildman–Crippen MR) is 84.4 cm³/mol. The molecule has 0 aliphatic carbocycles. The van der Waals surface area contributed by atoms with E-state index in [1.807, 2.05) is 0 Å². The van der Waals surface area contributed by atoms with Gasteiger partial charge in [0.25, 0.3) is 5.91 Å². The second-order valence-corrected chi connectivity index (χ2v) is 6.51. The molecule has 2 heterocycles. The molecule has 4 amide bonds. The molecule has 0 aromatic heterocycles. The lowest BCUT2D eigenvalue weighted by molar-refractivity contribution is -0.139. The van der Waals surface area contributed by atoms with Crippen molar-refractivity contribution < 1.29 is 23.2 Å². The molecular weight excluding hydrogens is 332 g/mol. The number of urea groups is 1. The summed E-state index contributed by atoms with van der Waals surface area (Å²) in [7, 11) is 0. The monoisotopic (exact) mass is 351 g/mol. The van der Waals surface area contributed by atoms with Crippen molar-refractivity contribution in [2.45, 2.75) is 31.7 Å². The van der Waals surface area contributed by atoms with Crippen molar-refractivity contribution in [3.8, 4) is 0 Å². The second kappa shape index (κ2) is 6.42. The Labute approximate surface area is 143 Å². The zero-order chi connectivity index (χ0) is 18.2. The fourth-order valence-electron chi connectivity index (χ4n) is 3.28. The number of hydrogen-bond donors (Lipinski definition) is 1. The number of nitrogens with zero attached hydrogens (tertiary/aromatic N) is 2. The molecule has 1 aromatic rings. The number of amides is 4. The Morgan fingerprint density at radius 2 is 1.88 bits per heavy atom. The van der Waals surface area contributed by atoms with Gasteiger partial charge in [-0.15, -0.1) is 0 Å². The van der Waals surface area contributed by atoms with Gasteiger partial charge in [-0.25, -0.2) is 13.6 Å². The summed E-state index contributed by atoms with van der Waals surface area (Å²) in [6.07, 6.45) is 2.82. The maximum atomic E-state index is 14.1. The molecule has 1 atom stereocenters. The smallest absolute Gasteiger partial charge is 0.325 e. The second-order valence-electron chi connectivity index (χ2n) is 6.51. The molecule has 0 bridgehead atoms. The molecule has 25 heavy (non-hydrogen) atoms. The Morgan fingerprint density at radius 3 is 2.56 bits per heavy atom.